The Morgan fingerprint density at radius 3 is 2.56 bits per heavy atom. The van der Waals surface area contributed by atoms with Crippen molar-refractivity contribution in [1.82, 2.24) is 0 Å². The summed E-state index contributed by atoms with van der Waals surface area (Å²) in [5.74, 6) is 0. The van der Waals surface area contributed by atoms with Crippen molar-refractivity contribution in [2.45, 2.75) is 12.5 Å². The Kier molecular flexibility index (Phi) is 4.81. The van der Waals surface area contributed by atoms with Gasteiger partial charge in [0.25, 0.3) is 0 Å². The predicted molar refractivity (Wildman–Crippen MR) is 34.4 cm³/mol. The summed E-state index contributed by atoms with van der Waals surface area (Å²) in [4.78, 5) is 8.26. The van der Waals surface area contributed by atoms with Crippen LogP contribution in [0, 0.1) is 0 Å². The van der Waals surface area contributed by atoms with Crippen molar-refractivity contribution in [1.29, 1.82) is 0 Å². The molecule has 0 bridgehead atoms. The smallest absolute Gasteiger partial charge is 0.389 e. The largest absolute Gasteiger partial charge is 0.508 e. The van der Waals surface area contributed by atoms with E-state index >= 15 is 0 Å². The zero-order chi connectivity index (χ0) is 7.28. The molecule has 0 radical (unpaired) electrons. The number of nitrogens with two attached hydrogens (primary N) is 1. The van der Waals surface area contributed by atoms with Gasteiger partial charge in [-0.3, -0.25) is 0 Å². The molecule has 0 heterocycles. The fourth-order valence-corrected chi connectivity index (χ4v) is 1.01. The van der Waals surface area contributed by atoms with Gasteiger partial charge in [0.1, 0.15) is 6.10 Å². The molecule has 0 aromatic heterocycles. The lowest BCUT2D eigenvalue weighted by Gasteiger charge is -1.97. The lowest BCUT2D eigenvalue weighted by Crippen LogP contribution is -2.15. The van der Waals surface area contributed by atoms with Gasteiger partial charge in [-0.05, 0) is 17.5 Å². The lowest BCUT2D eigenvalue weighted by molar-refractivity contribution is 0.188. The van der Waals surface area contributed by atoms with E-state index in [9.17, 15) is 4.57 Å². The van der Waals surface area contributed by atoms with E-state index in [1.807, 2.05) is 0 Å². The van der Waals surface area contributed by atoms with Crippen LogP contribution in [0.3, 0.4) is 0 Å². The molecule has 0 saturated heterocycles. The van der Waals surface area contributed by atoms with E-state index in [-0.39, 0.29) is 6.16 Å². The Bertz CT molecular complexity index is 97.8. The zero-order valence-corrected chi connectivity index (χ0v) is 5.92. The standard InChI is InChI=1S/C4H10NO3P/c5-2-1-4(6)3-9(7)8/h4,6H,1-3,5H2/p+1. The molecule has 0 aromatic rings. The normalized spacial score (nSPS) is 15.2. The van der Waals surface area contributed by atoms with Crippen LogP contribution < -0.4 is 5.73 Å². The van der Waals surface area contributed by atoms with Crippen molar-refractivity contribution in [2.24, 2.45) is 5.73 Å². The van der Waals surface area contributed by atoms with E-state index in [1.54, 1.807) is 0 Å². The fraction of sp³-hybridized carbons (Fsp3) is 1.00. The Balaban J connectivity index is 3.26. The van der Waals surface area contributed by atoms with Crippen LogP contribution in [0.5, 0.6) is 0 Å². The molecule has 0 aliphatic heterocycles. The summed E-state index contributed by atoms with van der Waals surface area (Å²) in [7, 11) is -2.21. The second-order valence-corrected chi connectivity index (χ2v) is 2.84. The molecule has 0 saturated carbocycles. The summed E-state index contributed by atoms with van der Waals surface area (Å²) < 4.78 is 10.0. The average Bonchev–Trinajstić information content (AvgIpc) is 1.63. The van der Waals surface area contributed by atoms with Gasteiger partial charge in [0.15, 0.2) is 0 Å². The number of aliphatic hydroxyl groups is 1. The van der Waals surface area contributed by atoms with Gasteiger partial charge in [0.2, 0.25) is 6.16 Å². The van der Waals surface area contributed by atoms with Crippen LogP contribution in [0.15, 0.2) is 0 Å². The first-order valence-corrected chi connectivity index (χ1v) is 4.08. The quantitative estimate of drug-likeness (QED) is 0.471. The van der Waals surface area contributed by atoms with Gasteiger partial charge in [0.05, 0.1) is 0 Å². The third-order valence-electron chi connectivity index (χ3n) is 0.867. The monoisotopic (exact) mass is 152 g/mol. The second-order valence-electron chi connectivity index (χ2n) is 1.77. The van der Waals surface area contributed by atoms with E-state index in [0.29, 0.717) is 13.0 Å². The van der Waals surface area contributed by atoms with Crippen LogP contribution in [0.4, 0.5) is 0 Å². The van der Waals surface area contributed by atoms with E-state index in [0.717, 1.165) is 0 Å². The molecule has 0 spiro atoms. The van der Waals surface area contributed by atoms with Gasteiger partial charge in [-0.15, -0.1) is 0 Å². The number of hydrogen-bond donors (Lipinski definition) is 3. The molecule has 5 heteroatoms. The Morgan fingerprint density at radius 2 is 2.22 bits per heavy atom. The maximum absolute atomic E-state index is 10.0. The number of rotatable bonds is 4. The molecule has 4 nitrogen and oxygen atoms in total. The van der Waals surface area contributed by atoms with Crippen LogP contribution in [0.1, 0.15) is 6.42 Å². The molecule has 2 atom stereocenters. The first-order valence-electron chi connectivity index (χ1n) is 2.68. The van der Waals surface area contributed by atoms with E-state index < -0.39 is 14.1 Å². The van der Waals surface area contributed by atoms with Crippen molar-refractivity contribution in [2.75, 3.05) is 12.7 Å². The Morgan fingerprint density at radius 1 is 1.67 bits per heavy atom. The van der Waals surface area contributed by atoms with Gasteiger partial charge in [-0.1, -0.05) is 0 Å². The minimum absolute atomic E-state index is 0.0630. The molecular weight excluding hydrogens is 141 g/mol. The first-order chi connectivity index (χ1) is 4.16. The molecule has 0 fully saturated rings. The highest BCUT2D eigenvalue weighted by atomic mass is 31.1. The molecule has 0 rings (SSSR count). The van der Waals surface area contributed by atoms with Crippen LogP contribution >= 0.6 is 8.03 Å². The van der Waals surface area contributed by atoms with Crippen molar-refractivity contribution in [3.63, 3.8) is 0 Å². The minimum Gasteiger partial charge on any atom is -0.389 e. The highest BCUT2D eigenvalue weighted by molar-refractivity contribution is 7.38. The highest BCUT2D eigenvalue weighted by Gasteiger charge is 2.17. The summed E-state index contributed by atoms with van der Waals surface area (Å²) in [5, 5.41) is 8.80. The topological polar surface area (TPSA) is 83.5 Å². The minimum atomic E-state index is -2.21. The van der Waals surface area contributed by atoms with Crippen LogP contribution in [-0.4, -0.2) is 28.8 Å². The molecule has 4 N–H and O–H groups in total. The van der Waals surface area contributed by atoms with Crippen molar-refractivity contribution >= 4 is 8.03 Å². The molecule has 0 aromatic carbocycles. The SMILES string of the molecule is NCCC(O)C[P+](=O)O. The Labute approximate surface area is 54.6 Å². The second kappa shape index (κ2) is 4.82. The van der Waals surface area contributed by atoms with Crippen molar-refractivity contribution in [3.05, 3.63) is 0 Å². The fourth-order valence-electron chi connectivity index (χ4n) is 0.464. The van der Waals surface area contributed by atoms with Crippen molar-refractivity contribution in [3.8, 4) is 0 Å². The van der Waals surface area contributed by atoms with Crippen LogP contribution in [0.25, 0.3) is 0 Å². The average molecular weight is 152 g/mol. The predicted octanol–water partition coefficient (Wildman–Crippen LogP) is -0.569. The summed E-state index contributed by atoms with van der Waals surface area (Å²) in [6.45, 7) is 0.352. The molecule has 54 valence electrons. The maximum atomic E-state index is 10.0. The number of hydrogen-bond acceptors (Lipinski definition) is 3. The molecule has 0 aliphatic rings. The van der Waals surface area contributed by atoms with Gasteiger partial charge < -0.3 is 10.8 Å². The third kappa shape index (κ3) is 5.86. The maximum Gasteiger partial charge on any atom is 0.508 e. The highest BCUT2D eigenvalue weighted by Crippen LogP contribution is 2.14. The van der Waals surface area contributed by atoms with Crippen LogP contribution in [-0.2, 0) is 4.57 Å². The van der Waals surface area contributed by atoms with Crippen molar-refractivity contribution < 1.29 is 14.6 Å². The molecule has 0 amide bonds. The van der Waals surface area contributed by atoms with Gasteiger partial charge in [-0.25, -0.2) is 0 Å². The van der Waals surface area contributed by atoms with Crippen LogP contribution in [0.2, 0.25) is 0 Å². The van der Waals surface area contributed by atoms with E-state index in [2.05, 4.69) is 0 Å². The molecular formula is C4H11NO3P+. The molecule has 2 unspecified atom stereocenters. The van der Waals surface area contributed by atoms with E-state index in [1.165, 1.54) is 0 Å². The zero-order valence-electron chi connectivity index (χ0n) is 5.03. The van der Waals surface area contributed by atoms with Gasteiger partial charge >= 0.3 is 8.03 Å². The van der Waals surface area contributed by atoms with E-state index in [4.69, 9.17) is 15.7 Å². The summed E-state index contributed by atoms with van der Waals surface area (Å²) in [5.41, 5.74) is 5.07. The molecule has 0 aliphatic carbocycles. The molecule has 9 heavy (non-hydrogen) atoms. The summed E-state index contributed by atoms with van der Waals surface area (Å²) >= 11 is 0. The first kappa shape index (κ1) is 8.98. The van der Waals surface area contributed by atoms with Gasteiger partial charge in [-0.2, -0.15) is 4.89 Å². The summed E-state index contributed by atoms with van der Waals surface area (Å²) in [6, 6.07) is 0. The summed E-state index contributed by atoms with van der Waals surface area (Å²) in [6.07, 6.45) is -0.391. The lowest BCUT2D eigenvalue weighted by atomic mass is 10.3. The third-order valence-corrected chi connectivity index (χ3v) is 1.60. The van der Waals surface area contributed by atoms with Gasteiger partial charge in [0, 0.05) is 0 Å². The number of aliphatic hydroxyl groups excluding tert-OH is 1. The Hall–Kier alpha value is -0.0200.